The number of rotatable bonds is 5. The van der Waals surface area contributed by atoms with E-state index in [1.165, 1.54) is 58.3 Å². The molecule has 0 saturated carbocycles. The molecule has 0 radical (unpaired) electrons. The summed E-state index contributed by atoms with van der Waals surface area (Å²) in [5.74, 6) is 0. The van der Waals surface area contributed by atoms with Gasteiger partial charge in [0.2, 0.25) is 0 Å². The van der Waals surface area contributed by atoms with Crippen molar-refractivity contribution in [3.8, 4) is 0 Å². The Morgan fingerprint density at radius 1 is 1.28 bits per heavy atom. The molecule has 0 aromatic heterocycles. The topological polar surface area (TPSA) is 24.5 Å². The average Bonchev–Trinajstić information content (AvgIpc) is 2.41. The molecule has 0 aliphatic carbocycles. The van der Waals surface area contributed by atoms with Gasteiger partial charge in [-0.05, 0) is 64.1 Å². The van der Waals surface area contributed by atoms with Crippen LogP contribution in [0.5, 0.6) is 0 Å². The van der Waals surface area contributed by atoms with Crippen molar-refractivity contribution in [1.82, 2.24) is 10.2 Å². The number of hydrogen-bond acceptors (Lipinski definition) is 3. The number of nitrogens with one attached hydrogen (secondary N) is 1. The summed E-state index contributed by atoms with van der Waals surface area (Å²) in [4.78, 5) is 2.67. The second kappa shape index (κ2) is 6.88. The van der Waals surface area contributed by atoms with Crippen LogP contribution >= 0.6 is 0 Å². The van der Waals surface area contributed by atoms with Crippen molar-refractivity contribution in [3.05, 3.63) is 0 Å². The minimum absolute atomic E-state index is 0.486. The molecule has 1 atom stereocenters. The van der Waals surface area contributed by atoms with E-state index in [-0.39, 0.29) is 0 Å². The molecule has 0 aromatic rings. The van der Waals surface area contributed by atoms with Gasteiger partial charge in [0, 0.05) is 19.7 Å². The molecule has 2 aliphatic rings. The van der Waals surface area contributed by atoms with Crippen molar-refractivity contribution >= 4 is 0 Å². The van der Waals surface area contributed by atoms with Crippen LogP contribution in [0.1, 0.15) is 46.0 Å². The maximum absolute atomic E-state index is 5.81. The Morgan fingerprint density at radius 3 is 2.72 bits per heavy atom. The summed E-state index contributed by atoms with van der Waals surface area (Å²) in [6, 6.07) is 0. The standard InChI is InChI=1S/C15H30N2O/c1-3-15(7-9-16-10-8-15)13-17-11-5-6-14(12-17)18-4-2/h14,16H,3-13H2,1-2H3. The Bertz CT molecular complexity index is 237. The highest BCUT2D eigenvalue weighted by atomic mass is 16.5. The van der Waals surface area contributed by atoms with E-state index in [1.54, 1.807) is 0 Å². The molecule has 0 aromatic carbocycles. The van der Waals surface area contributed by atoms with Crippen molar-refractivity contribution in [3.63, 3.8) is 0 Å². The molecule has 1 N–H and O–H groups in total. The van der Waals surface area contributed by atoms with Gasteiger partial charge in [0.25, 0.3) is 0 Å². The van der Waals surface area contributed by atoms with Crippen LogP contribution in [0.25, 0.3) is 0 Å². The minimum atomic E-state index is 0.486. The number of likely N-dealkylation sites (tertiary alicyclic amines) is 1. The molecule has 0 bridgehead atoms. The van der Waals surface area contributed by atoms with Gasteiger partial charge >= 0.3 is 0 Å². The Balaban J connectivity index is 1.86. The van der Waals surface area contributed by atoms with E-state index in [1.807, 2.05) is 0 Å². The average molecular weight is 254 g/mol. The van der Waals surface area contributed by atoms with Gasteiger partial charge in [-0.3, -0.25) is 0 Å². The molecule has 2 heterocycles. The fraction of sp³-hybridized carbons (Fsp3) is 1.00. The summed E-state index contributed by atoms with van der Waals surface area (Å²) in [6.45, 7) is 11.5. The van der Waals surface area contributed by atoms with Gasteiger partial charge in [-0.1, -0.05) is 6.92 Å². The predicted molar refractivity (Wildman–Crippen MR) is 75.9 cm³/mol. The van der Waals surface area contributed by atoms with E-state index in [9.17, 15) is 0 Å². The van der Waals surface area contributed by atoms with Gasteiger partial charge in [0.1, 0.15) is 0 Å². The molecule has 2 aliphatic heterocycles. The zero-order chi connectivity index (χ0) is 12.8. The first-order chi connectivity index (χ1) is 8.78. The Kier molecular flexibility index (Phi) is 5.46. The predicted octanol–water partition coefficient (Wildman–Crippen LogP) is 2.27. The first kappa shape index (κ1) is 14.3. The van der Waals surface area contributed by atoms with Crippen LogP contribution in [0.15, 0.2) is 0 Å². The first-order valence-corrected chi connectivity index (χ1v) is 7.83. The third-order valence-electron chi connectivity index (χ3n) is 4.84. The summed E-state index contributed by atoms with van der Waals surface area (Å²) >= 11 is 0. The van der Waals surface area contributed by atoms with Crippen LogP contribution in [0.3, 0.4) is 0 Å². The van der Waals surface area contributed by atoms with E-state index in [2.05, 4.69) is 24.1 Å². The SMILES string of the molecule is CCOC1CCCN(CC2(CC)CCNCC2)C1. The van der Waals surface area contributed by atoms with Crippen LogP contribution in [0, 0.1) is 5.41 Å². The lowest BCUT2D eigenvalue weighted by atomic mass is 9.76. The molecule has 1 unspecified atom stereocenters. The molecule has 106 valence electrons. The molecule has 3 nitrogen and oxygen atoms in total. The summed E-state index contributed by atoms with van der Waals surface area (Å²) in [6.07, 6.45) is 7.07. The monoisotopic (exact) mass is 254 g/mol. The normalized spacial score (nSPS) is 29.3. The molecular weight excluding hydrogens is 224 g/mol. The van der Waals surface area contributed by atoms with Gasteiger partial charge in [-0.2, -0.15) is 0 Å². The molecule has 0 spiro atoms. The van der Waals surface area contributed by atoms with E-state index < -0.39 is 0 Å². The quantitative estimate of drug-likeness (QED) is 0.814. The van der Waals surface area contributed by atoms with Crippen molar-refractivity contribution in [1.29, 1.82) is 0 Å². The van der Waals surface area contributed by atoms with Crippen molar-refractivity contribution in [2.45, 2.75) is 52.1 Å². The summed E-state index contributed by atoms with van der Waals surface area (Å²) < 4.78 is 5.81. The van der Waals surface area contributed by atoms with Crippen LogP contribution in [0.4, 0.5) is 0 Å². The second-order valence-corrected chi connectivity index (χ2v) is 6.06. The highest BCUT2D eigenvalue weighted by Gasteiger charge is 2.33. The molecule has 18 heavy (non-hydrogen) atoms. The molecule has 3 heteroatoms. The van der Waals surface area contributed by atoms with Gasteiger partial charge in [-0.15, -0.1) is 0 Å². The fourth-order valence-corrected chi connectivity index (χ4v) is 3.58. The lowest BCUT2D eigenvalue weighted by Gasteiger charge is -2.43. The van der Waals surface area contributed by atoms with E-state index in [0.717, 1.165) is 13.2 Å². The molecule has 2 saturated heterocycles. The Morgan fingerprint density at radius 2 is 2.06 bits per heavy atom. The van der Waals surface area contributed by atoms with Gasteiger partial charge in [-0.25, -0.2) is 0 Å². The van der Waals surface area contributed by atoms with Crippen molar-refractivity contribution < 1.29 is 4.74 Å². The lowest BCUT2D eigenvalue weighted by molar-refractivity contribution is -0.0115. The summed E-state index contributed by atoms with van der Waals surface area (Å²) in [5, 5.41) is 3.50. The third kappa shape index (κ3) is 3.69. The zero-order valence-electron chi connectivity index (χ0n) is 12.2. The van der Waals surface area contributed by atoms with E-state index in [4.69, 9.17) is 4.74 Å². The molecule has 0 amide bonds. The second-order valence-electron chi connectivity index (χ2n) is 6.06. The Labute approximate surface area is 112 Å². The summed E-state index contributed by atoms with van der Waals surface area (Å²) in [7, 11) is 0. The van der Waals surface area contributed by atoms with Crippen LogP contribution in [-0.2, 0) is 4.74 Å². The fourth-order valence-electron chi connectivity index (χ4n) is 3.58. The zero-order valence-corrected chi connectivity index (χ0v) is 12.2. The van der Waals surface area contributed by atoms with Crippen LogP contribution < -0.4 is 5.32 Å². The van der Waals surface area contributed by atoms with Gasteiger partial charge < -0.3 is 15.0 Å². The van der Waals surface area contributed by atoms with Gasteiger partial charge in [0.05, 0.1) is 6.10 Å². The number of nitrogens with zero attached hydrogens (tertiary/aromatic N) is 1. The minimum Gasteiger partial charge on any atom is -0.377 e. The van der Waals surface area contributed by atoms with Crippen LogP contribution in [-0.4, -0.2) is 50.3 Å². The highest BCUT2D eigenvalue weighted by Crippen LogP contribution is 2.34. The highest BCUT2D eigenvalue weighted by molar-refractivity contribution is 4.88. The van der Waals surface area contributed by atoms with E-state index >= 15 is 0 Å². The number of ether oxygens (including phenoxy) is 1. The summed E-state index contributed by atoms with van der Waals surface area (Å²) in [5.41, 5.74) is 0.569. The largest absolute Gasteiger partial charge is 0.377 e. The molecular formula is C15H30N2O. The van der Waals surface area contributed by atoms with Crippen molar-refractivity contribution in [2.75, 3.05) is 39.3 Å². The Hall–Kier alpha value is -0.120. The van der Waals surface area contributed by atoms with Gasteiger partial charge in [0.15, 0.2) is 0 Å². The smallest absolute Gasteiger partial charge is 0.0702 e. The van der Waals surface area contributed by atoms with Crippen molar-refractivity contribution in [2.24, 2.45) is 5.41 Å². The third-order valence-corrected chi connectivity index (χ3v) is 4.84. The molecule has 2 rings (SSSR count). The van der Waals surface area contributed by atoms with Crippen LogP contribution in [0.2, 0.25) is 0 Å². The maximum Gasteiger partial charge on any atom is 0.0702 e. The molecule has 2 fully saturated rings. The number of piperidine rings is 2. The number of hydrogen-bond donors (Lipinski definition) is 1. The maximum atomic E-state index is 5.81. The lowest BCUT2D eigenvalue weighted by Crippen LogP contribution is -2.48. The first-order valence-electron chi connectivity index (χ1n) is 7.83. The van der Waals surface area contributed by atoms with E-state index in [0.29, 0.717) is 11.5 Å².